The van der Waals surface area contributed by atoms with E-state index in [-0.39, 0.29) is 21.1 Å². The first kappa shape index (κ1) is 44.4. The Kier molecular flexibility index (Phi) is 12.0. The molecule has 2 aromatic heterocycles. The van der Waals surface area contributed by atoms with E-state index < -0.39 is 0 Å². The number of nitrogens with zero attached hydrogens (tertiary/aromatic N) is 6. The minimum Gasteiger partial charge on any atom is -0.488 e. The van der Waals surface area contributed by atoms with Gasteiger partial charge in [0.25, 0.3) is 0 Å². The number of para-hydroxylation sites is 4. The van der Waals surface area contributed by atoms with Crippen LogP contribution < -0.4 is 9.80 Å². The molecule has 1 aliphatic heterocycles. The summed E-state index contributed by atoms with van der Waals surface area (Å²) in [6.07, 6.45) is 1.83. The largest absolute Gasteiger partial charge is 0.488 e. The molecule has 6 nitrogen and oxygen atoms in total. The molecule has 0 aliphatic carbocycles. The molecule has 0 N–H and O–H groups in total. The molecule has 11 aromatic rings. The Morgan fingerprint density at radius 1 is 0.535 bits per heavy atom. The van der Waals surface area contributed by atoms with E-state index >= 15 is 0 Å². The van der Waals surface area contributed by atoms with Gasteiger partial charge in [-0.25, -0.2) is 9.83 Å². The maximum absolute atomic E-state index is 9.93. The summed E-state index contributed by atoms with van der Waals surface area (Å²) >= 11 is 0. The Hall–Kier alpha value is -9.06. The Morgan fingerprint density at radius 2 is 1.17 bits per heavy atom. The van der Waals surface area contributed by atoms with Gasteiger partial charge in [0, 0.05) is 49.8 Å². The fraction of sp³-hybridized carbons (Fsp3) is 0. The number of hydrogen-bond acceptors (Lipinski definition) is 4. The summed E-state index contributed by atoms with van der Waals surface area (Å²) in [5.41, 5.74) is 16.6. The van der Waals surface area contributed by atoms with E-state index in [1.165, 1.54) is 0 Å². The molecule has 0 saturated heterocycles. The summed E-state index contributed by atoms with van der Waals surface area (Å²) in [4.78, 5) is 13.1. The van der Waals surface area contributed by atoms with E-state index in [4.69, 9.17) is 11.6 Å². The van der Waals surface area contributed by atoms with Crippen molar-refractivity contribution in [3.05, 3.63) is 289 Å². The predicted octanol–water partition coefficient (Wildman–Crippen LogP) is 15.9. The first-order valence-electron chi connectivity index (χ1n) is 23.0. The molecule has 0 atom stereocenters. The smallest absolute Gasteiger partial charge is 0.187 e. The van der Waals surface area contributed by atoms with Crippen molar-refractivity contribution in [1.82, 2.24) is 9.55 Å². The number of pyridine rings is 1. The summed E-state index contributed by atoms with van der Waals surface area (Å²) in [6.45, 7) is 9.95. The summed E-state index contributed by atoms with van der Waals surface area (Å²) in [6, 6.07) is 87.0. The fourth-order valence-electron chi connectivity index (χ4n) is 9.71. The molecule has 12 rings (SSSR count). The zero-order chi connectivity index (χ0) is 47.0. The van der Waals surface area contributed by atoms with Gasteiger partial charge in [0.05, 0.1) is 18.2 Å². The van der Waals surface area contributed by atoms with Gasteiger partial charge in [0.1, 0.15) is 5.82 Å². The van der Waals surface area contributed by atoms with Crippen LogP contribution in [-0.4, -0.2) is 9.55 Å². The average molecular weight is 1090 g/mol. The van der Waals surface area contributed by atoms with Gasteiger partial charge >= 0.3 is 0 Å². The maximum atomic E-state index is 9.93. The van der Waals surface area contributed by atoms with Crippen LogP contribution in [0.15, 0.2) is 231 Å². The standard InChI is InChI=1S/C64H39N6.Pt/c1-66-53-24-14-20-48(39-53)47-19-13-22-50(38-47)63(49-21-12-18-46(37-49)45-17-11-16-44(36-45)42-65)64(52-33-34-57-56-28-5-6-29-58(56)70(61(57)41-52)62-32-9-10-35-67-62)51-23-15-27-55(40-51)69-43-68(54-25-3-2-4-26-54)59-30-7-8-31-60(59)69;/h2-39,43H;/q-3;/b64-63+;. The van der Waals surface area contributed by atoms with E-state index in [0.29, 0.717) is 11.3 Å². The summed E-state index contributed by atoms with van der Waals surface area (Å²) in [5, 5.41) is 12.1. The second-order valence-corrected chi connectivity index (χ2v) is 17.1. The molecule has 0 bridgehead atoms. The number of fused-ring (bicyclic) bond motifs is 4. The van der Waals surface area contributed by atoms with Crippen LogP contribution >= 0.6 is 0 Å². The van der Waals surface area contributed by atoms with E-state index in [2.05, 4.69) is 202 Å². The third-order valence-electron chi connectivity index (χ3n) is 12.9. The van der Waals surface area contributed by atoms with E-state index in [1.807, 2.05) is 72.9 Å². The van der Waals surface area contributed by atoms with E-state index in [0.717, 1.165) is 106 Å². The second kappa shape index (κ2) is 19.1. The molecule has 0 fully saturated rings. The third kappa shape index (κ3) is 8.28. The van der Waals surface area contributed by atoms with Crippen LogP contribution in [0.4, 0.5) is 28.4 Å². The fourth-order valence-corrected chi connectivity index (χ4v) is 9.71. The first-order valence-corrected chi connectivity index (χ1v) is 23.0. The van der Waals surface area contributed by atoms with Gasteiger partial charge < -0.3 is 14.4 Å². The van der Waals surface area contributed by atoms with Gasteiger partial charge in [-0.15, -0.1) is 65.8 Å². The number of benzene rings is 9. The van der Waals surface area contributed by atoms with Crippen molar-refractivity contribution in [2.45, 2.75) is 0 Å². The zero-order valence-corrected chi connectivity index (χ0v) is 40.3. The van der Waals surface area contributed by atoms with E-state index in [1.54, 1.807) is 0 Å². The summed E-state index contributed by atoms with van der Waals surface area (Å²) in [7, 11) is 0. The van der Waals surface area contributed by atoms with Crippen LogP contribution in [-0.2, 0) is 21.1 Å². The van der Waals surface area contributed by atoms with Crippen molar-refractivity contribution < 1.29 is 21.1 Å². The Balaban J connectivity index is 0.00000547. The number of hydrogen-bond donors (Lipinski definition) is 0. The molecule has 3 heterocycles. The number of aromatic nitrogens is 2. The zero-order valence-electron chi connectivity index (χ0n) is 38.0. The summed E-state index contributed by atoms with van der Waals surface area (Å²) < 4.78 is 2.20. The Labute approximate surface area is 427 Å². The maximum Gasteiger partial charge on any atom is 0.187 e. The first-order chi connectivity index (χ1) is 34.6. The van der Waals surface area contributed by atoms with Crippen molar-refractivity contribution in [3.8, 4) is 34.1 Å². The molecule has 7 heteroatoms. The molecule has 1 aliphatic rings. The van der Waals surface area contributed by atoms with Crippen molar-refractivity contribution in [2.24, 2.45) is 0 Å². The Morgan fingerprint density at radius 3 is 1.90 bits per heavy atom. The molecular formula is C64H39N6Pt-3. The number of nitriles is 1. The van der Waals surface area contributed by atoms with Crippen LogP contribution in [0.5, 0.6) is 0 Å². The molecular weight excluding hydrogens is 1050 g/mol. The molecule has 338 valence electrons. The van der Waals surface area contributed by atoms with Crippen molar-refractivity contribution in [3.63, 3.8) is 0 Å². The molecule has 9 aromatic carbocycles. The van der Waals surface area contributed by atoms with Crippen LogP contribution in [0.1, 0.15) is 27.8 Å². The molecule has 0 radical (unpaired) electrons. The average Bonchev–Trinajstić information content (AvgIpc) is 3.99. The van der Waals surface area contributed by atoms with Gasteiger partial charge in [-0.3, -0.25) is 0 Å². The monoisotopic (exact) mass is 1090 g/mol. The SMILES string of the molecule is [C-]#[N+]c1cccc(-c2cccc(/C(=C(\c3[c-]c(N4[CH-]N(c5ccccc5)c5ccccc54)ccc3)c3[c-]c4c(cc3)c3ccccc3n4-c3ccccn3)c3cccc(-c4cccc(C#N)c4)c3)c2)c1.[Pt]. The van der Waals surface area contributed by atoms with E-state index in [9.17, 15) is 5.26 Å². The molecule has 0 amide bonds. The van der Waals surface area contributed by atoms with Crippen LogP contribution in [0.3, 0.4) is 0 Å². The summed E-state index contributed by atoms with van der Waals surface area (Å²) in [5.74, 6) is 0.800. The van der Waals surface area contributed by atoms with Crippen LogP contribution in [0.25, 0.3) is 65.9 Å². The normalized spacial score (nSPS) is 12.2. The molecule has 0 spiro atoms. The van der Waals surface area contributed by atoms with Crippen molar-refractivity contribution in [1.29, 1.82) is 5.26 Å². The van der Waals surface area contributed by atoms with Crippen molar-refractivity contribution in [2.75, 3.05) is 9.80 Å². The third-order valence-corrected chi connectivity index (χ3v) is 12.9. The Bertz CT molecular complexity index is 3810. The van der Waals surface area contributed by atoms with Crippen LogP contribution in [0, 0.1) is 36.7 Å². The number of rotatable bonds is 9. The number of anilines is 4. The second-order valence-electron chi connectivity index (χ2n) is 17.1. The van der Waals surface area contributed by atoms with Gasteiger partial charge in [0.2, 0.25) is 0 Å². The van der Waals surface area contributed by atoms with Gasteiger partial charge in [-0.1, -0.05) is 132 Å². The van der Waals surface area contributed by atoms with Crippen LogP contribution in [0.2, 0.25) is 0 Å². The molecule has 0 saturated carbocycles. The van der Waals surface area contributed by atoms with Gasteiger partial charge in [-0.05, 0) is 123 Å². The molecule has 71 heavy (non-hydrogen) atoms. The van der Waals surface area contributed by atoms with Crippen molar-refractivity contribution >= 4 is 61.4 Å². The minimum atomic E-state index is 0. The van der Waals surface area contributed by atoms with Gasteiger partial charge in [-0.2, -0.15) is 5.26 Å². The minimum absolute atomic E-state index is 0. The quantitative estimate of drug-likeness (QED) is 0.107. The van der Waals surface area contributed by atoms with Gasteiger partial charge in [0.15, 0.2) is 5.69 Å². The topological polar surface area (TPSA) is 52.5 Å². The predicted molar refractivity (Wildman–Crippen MR) is 284 cm³/mol. The molecule has 0 unspecified atom stereocenters.